The molecular formula is C24H32BrNO4Si. The van der Waals surface area contributed by atoms with E-state index in [0.717, 1.165) is 10.0 Å². The van der Waals surface area contributed by atoms with Crippen molar-refractivity contribution in [3.05, 3.63) is 52.0 Å². The standard InChI is InChI=1S/C24H32BrNO4Si/c1-23(2,3)31(7,8)30-24(16-26,15-17-11-9-10-12-19(17)27-4)21-20(28-5)14-13-18(25)22(21)29-6/h9-14H,15H2,1-8H3. The molecule has 0 heterocycles. The van der Waals surface area contributed by atoms with Crippen LogP contribution in [0.2, 0.25) is 18.1 Å². The van der Waals surface area contributed by atoms with Crippen molar-refractivity contribution in [1.29, 1.82) is 5.26 Å². The molecule has 0 N–H and O–H groups in total. The number of ether oxygens (including phenoxy) is 3. The Morgan fingerprint density at radius 2 is 1.55 bits per heavy atom. The van der Waals surface area contributed by atoms with Crippen LogP contribution < -0.4 is 14.2 Å². The van der Waals surface area contributed by atoms with Gasteiger partial charge in [-0.15, -0.1) is 0 Å². The molecule has 5 nitrogen and oxygen atoms in total. The third-order valence-electron chi connectivity index (χ3n) is 5.95. The molecule has 7 heteroatoms. The molecule has 31 heavy (non-hydrogen) atoms. The fraction of sp³-hybridized carbons (Fsp3) is 0.458. The highest BCUT2D eigenvalue weighted by Crippen LogP contribution is 2.50. The highest BCUT2D eigenvalue weighted by atomic mass is 79.9. The Labute approximate surface area is 195 Å². The maximum absolute atomic E-state index is 10.7. The lowest BCUT2D eigenvalue weighted by molar-refractivity contribution is 0.101. The van der Waals surface area contributed by atoms with Gasteiger partial charge in [0, 0.05) is 6.42 Å². The maximum Gasteiger partial charge on any atom is 0.194 e. The van der Waals surface area contributed by atoms with Crippen molar-refractivity contribution in [3.8, 4) is 23.3 Å². The van der Waals surface area contributed by atoms with Crippen LogP contribution in [0.3, 0.4) is 0 Å². The number of nitriles is 1. The lowest BCUT2D eigenvalue weighted by Gasteiger charge is -2.43. The van der Waals surface area contributed by atoms with Gasteiger partial charge < -0.3 is 18.6 Å². The van der Waals surface area contributed by atoms with Crippen molar-refractivity contribution >= 4 is 24.2 Å². The topological polar surface area (TPSA) is 60.7 Å². The highest BCUT2D eigenvalue weighted by Gasteiger charge is 2.49. The summed E-state index contributed by atoms with van der Waals surface area (Å²) in [5.41, 5.74) is 0.0948. The smallest absolute Gasteiger partial charge is 0.194 e. The van der Waals surface area contributed by atoms with Gasteiger partial charge in [-0.25, -0.2) is 0 Å². The number of nitrogens with zero attached hydrogens (tertiary/aromatic N) is 1. The second kappa shape index (κ2) is 9.64. The van der Waals surface area contributed by atoms with Gasteiger partial charge in [-0.3, -0.25) is 0 Å². The van der Waals surface area contributed by atoms with Gasteiger partial charge in [-0.1, -0.05) is 39.0 Å². The molecule has 0 spiro atoms. The molecule has 2 aromatic carbocycles. The van der Waals surface area contributed by atoms with Gasteiger partial charge in [0.05, 0.1) is 31.4 Å². The van der Waals surface area contributed by atoms with Crippen LogP contribution >= 0.6 is 15.9 Å². The molecule has 0 fully saturated rings. The number of halogens is 1. The molecule has 0 amide bonds. The molecule has 1 unspecified atom stereocenters. The highest BCUT2D eigenvalue weighted by molar-refractivity contribution is 9.10. The van der Waals surface area contributed by atoms with Crippen LogP contribution in [0, 0.1) is 11.3 Å². The number of methoxy groups -OCH3 is 3. The van der Waals surface area contributed by atoms with E-state index in [0.29, 0.717) is 22.8 Å². The van der Waals surface area contributed by atoms with E-state index in [-0.39, 0.29) is 11.5 Å². The van der Waals surface area contributed by atoms with Crippen LogP contribution in [-0.2, 0) is 16.4 Å². The number of benzene rings is 2. The predicted octanol–water partition coefficient (Wildman–Crippen LogP) is 6.46. The van der Waals surface area contributed by atoms with Crippen molar-refractivity contribution in [2.45, 2.75) is 50.9 Å². The van der Waals surface area contributed by atoms with Gasteiger partial charge in [0.15, 0.2) is 13.9 Å². The summed E-state index contributed by atoms with van der Waals surface area (Å²) in [5.74, 6) is 1.76. The van der Waals surface area contributed by atoms with Crippen molar-refractivity contribution in [3.63, 3.8) is 0 Å². The van der Waals surface area contributed by atoms with Gasteiger partial charge >= 0.3 is 0 Å². The van der Waals surface area contributed by atoms with E-state index < -0.39 is 13.9 Å². The minimum Gasteiger partial charge on any atom is -0.496 e. The summed E-state index contributed by atoms with van der Waals surface area (Å²) in [6.07, 6.45) is 0.281. The molecule has 0 saturated heterocycles. The van der Waals surface area contributed by atoms with Crippen LogP contribution in [0.5, 0.6) is 17.2 Å². The lowest BCUT2D eigenvalue weighted by atomic mass is 9.86. The van der Waals surface area contributed by atoms with E-state index >= 15 is 0 Å². The summed E-state index contributed by atoms with van der Waals surface area (Å²) in [7, 11) is 2.39. The minimum atomic E-state index is -2.40. The normalized spacial score (nSPS) is 13.8. The summed E-state index contributed by atoms with van der Waals surface area (Å²) in [6, 6.07) is 13.9. The van der Waals surface area contributed by atoms with Crippen molar-refractivity contribution in [2.24, 2.45) is 0 Å². The second-order valence-corrected chi connectivity index (χ2v) is 14.5. The molecule has 0 radical (unpaired) electrons. The second-order valence-electron chi connectivity index (χ2n) is 8.95. The van der Waals surface area contributed by atoms with Crippen molar-refractivity contribution < 1.29 is 18.6 Å². The van der Waals surface area contributed by atoms with Gasteiger partial charge in [0.1, 0.15) is 23.3 Å². The fourth-order valence-corrected chi connectivity index (χ4v) is 5.18. The molecule has 2 rings (SSSR count). The first-order valence-electron chi connectivity index (χ1n) is 10.1. The van der Waals surface area contributed by atoms with E-state index in [2.05, 4.69) is 55.9 Å². The number of para-hydroxylation sites is 1. The summed E-state index contributed by atoms with van der Waals surface area (Å²) in [4.78, 5) is 0. The molecule has 0 saturated carbocycles. The predicted molar refractivity (Wildman–Crippen MR) is 130 cm³/mol. The SMILES string of the molecule is COc1ccccc1CC(C#N)(O[Si](C)(C)C(C)(C)C)c1c(OC)ccc(Br)c1OC. The van der Waals surface area contributed by atoms with E-state index in [1.165, 1.54) is 0 Å². The summed E-state index contributed by atoms with van der Waals surface area (Å²) >= 11 is 3.57. The summed E-state index contributed by atoms with van der Waals surface area (Å²) in [6.45, 7) is 10.7. The Bertz CT molecular complexity index is 965. The molecule has 2 aromatic rings. The van der Waals surface area contributed by atoms with Gasteiger partial charge in [-0.2, -0.15) is 5.26 Å². The minimum absolute atomic E-state index is 0.109. The van der Waals surface area contributed by atoms with Crippen LogP contribution in [0.4, 0.5) is 0 Å². The molecule has 0 aliphatic heterocycles. The number of hydrogen-bond donors (Lipinski definition) is 0. The zero-order chi connectivity index (χ0) is 23.4. The Kier molecular flexibility index (Phi) is 7.85. The quantitative estimate of drug-likeness (QED) is 0.385. The average molecular weight is 507 g/mol. The first-order chi connectivity index (χ1) is 14.5. The third-order valence-corrected chi connectivity index (χ3v) is 11.0. The first kappa shape index (κ1) is 25.2. The largest absolute Gasteiger partial charge is 0.496 e. The Hall–Kier alpha value is -2.01. The van der Waals surface area contributed by atoms with Crippen molar-refractivity contribution in [2.75, 3.05) is 21.3 Å². The van der Waals surface area contributed by atoms with E-state index in [9.17, 15) is 5.26 Å². The zero-order valence-electron chi connectivity index (χ0n) is 19.6. The summed E-state index contributed by atoms with van der Waals surface area (Å²) < 4.78 is 24.7. The van der Waals surface area contributed by atoms with E-state index in [4.69, 9.17) is 18.6 Å². The van der Waals surface area contributed by atoms with Crippen LogP contribution in [-0.4, -0.2) is 29.6 Å². The van der Waals surface area contributed by atoms with Gasteiger partial charge in [0.25, 0.3) is 0 Å². The lowest BCUT2D eigenvalue weighted by Crippen LogP contribution is -2.49. The van der Waals surface area contributed by atoms with Gasteiger partial charge in [0.2, 0.25) is 0 Å². The average Bonchev–Trinajstić information content (AvgIpc) is 2.72. The van der Waals surface area contributed by atoms with E-state index in [1.807, 2.05) is 36.4 Å². The van der Waals surface area contributed by atoms with E-state index in [1.54, 1.807) is 21.3 Å². The molecule has 0 bridgehead atoms. The fourth-order valence-electron chi connectivity index (χ4n) is 3.29. The Balaban J connectivity index is 2.86. The zero-order valence-corrected chi connectivity index (χ0v) is 22.2. The van der Waals surface area contributed by atoms with Crippen molar-refractivity contribution in [1.82, 2.24) is 0 Å². The molecule has 168 valence electrons. The molecular weight excluding hydrogens is 474 g/mol. The number of rotatable bonds is 8. The Morgan fingerprint density at radius 1 is 0.935 bits per heavy atom. The third kappa shape index (κ3) is 5.08. The molecule has 0 aliphatic carbocycles. The molecule has 1 atom stereocenters. The Morgan fingerprint density at radius 3 is 2.06 bits per heavy atom. The van der Waals surface area contributed by atoms with Crippen LogP contribution in [0.15, 0.2) is 40.9 Å². The first-order valence-corrected chi connectivity index (χ1v) is 13.8. The maximum atomic E-state index is 10.7. The van der Waals surface area contributed by atoms with Crippen LogP contribution in [0.1, 0.15) is 31.9 Å². The van der Waals surface area contributed by atoms with Gasteiger partial charge in [-0.05, 0) is 57.8 Å². The summed E-state index contributed by atoms with van der Waals surface area (Å²) in [5, 5.41) is 10.6. The monoisotopic (exact) mass is 505 g/mol. The van der Waals surface area contributed by atoms with Crippen LogP contribution in [0.25, 0.3) is 0 Å². The number of hydrogen-bond acceptors (Lipinski definition) is 5. The molecule has 0 aliphatic rings. The molecule has 0 aromatic heterocycles.